The molecule has 0 aromatic heterocycles. The number of nitrogens with one attached hydrogen (secondary N) is 1. The van der Waals surface area contributed by atoms with Gasteiger partial charge in [-0.2, -0.15) is 5.26 Å². The van der Waals surface area contributed by atoms with Crippen molar-refractivity contribution in [3.8, 4) is 6.07 Å². The Morgan fingerprint density at radius 3 is 2.54 bits per heavy atom. The highest BCUT2D eigenvalue weighted by atomic mass is 16.6. The number of hydrogen-bond acceptors (Lipinski definition) is 4. The number of nitriles is 1. The van der Waals surface area contributed by atoms with Gasteiger partial charge < -0.3 is 5.32 Å². The average Bonchev–Trinajstić information content (AvgIpc) is 2.62. The summed E-state index contributed by atoms with van der Waals surface area (Å²) in [7, 11) is 0. The molecule has 0 heterocycles. The summed E-state index contributed by atoms with van der Waals surface area (Å²) in [5.74, 6) is -0.557. The van der Waals surface area contributed by atoms with Crippen molar-refractivity contribution >= 4 is 23.4 Å². The van der Waals surface area contributed by atoms with Gasteiger partial charge in [-0.1, -0.05) is 25.1 Å². The fraction of sp³-hybridized carbons (Fsp3) is 0.200. The fourth-order valence-electron chi connectivity index (χ4n) is 2.47. The summed E-state index contributed by atoms with van der Waals surface area (Å²) in [5, 5.41) is 23.1. The number of nitrogens with zero attached hydrogens (tertiary/aromatic N) is 2. The van der Waals surface area contributed by atoms with E-state index in [1.807, 2.05) is 39.0 Å². The summed E-state index contributed by atoms with van der Waals surface area (Å²) in [6.45, 7) is 5.73. The van der Waals surface area contributed by atoms with E-state index in [9.17, 15) is 20.2 Å². The van der Waals surface area contributed by atoms with E-state index in [1.165, 1.54) is 12.1 Å². The molecule has 0 aliphatic heterocycles. The molecule has 0 aliphatic rings. The second-order valence-electron chi connectivity index (χ2n) is 5.92. The first kappa shape index (κ1) is 18.9. The molecule has 2 rings (SSSR count). The fourth-order valence-corrected chi connectivity index (χ4v) is 2.47. The van der Waals surface area contributed by atoms with Crippen LogP contribution in [0, 0.1) is 35.3 Å². The largest absolute Gasteiger partial charge is 0.321 e. The van der Waals surface area contributed by atoms with E-state index in [2.05, 4.69) is 5.32 Å². The molecule has 0 atom stereocenters. The molecule has 0 spiro atoms. The van der Waals surface area contributed by atoms with Crippen LogP contribution in [0.4, 0.5) is 11.4 Å². The molecule has 132 valence electrons. The highest BCUT2D eigenvalue weighted by molar-refractivity contribution is 6.09. The Morgan fingerprint density at radius 2 is 1.96 bits per heavy atom. The van der Waals surface area contributed by atoms with Gasteiger partial charge in [0.15, 0.2) is 0 Å². The lowest BCUT2D eigenvalue weighted by Gasteiger charge is -2.07. The molecule has 0 aliphatic carbocycles. The molecule has 1 N–H and O–H groups in total. The Bertz CT molecular complexity index is 940. The van der Waals surface area contributed by atoms with Crippen LogP contribution < -0.4 is 5.32 Å². The number of nitro groups is 1. The lowest BCUT2D eigenvalue weighted by molar-refractivity contribution is -0.385. The minimum absolute atomic E-state index is 0.0203. The van der Waals surface area contributed by atoms with E-state index >= 15 is 0 Å². The number of rotatable bonds is 5. The Hall–Kier alpha value is -3.46. The molecule has 1 amide bonds. The molecule has 0 unspecified atom stereocenters. The first-order valence-corrected chi connectivity index (χ1v) is 8.13. The average molecular weight is 349 g/mol. The van der Waals surface area contributed by atoms with Crippen molar-refractivity contribution < 1.29 is 9.72 Å². The third-order valence-corrected chi connectivity index (χ3v) is 4.13. The molecular weight excluding hydrogens is 330 g/mol. The van der Waals surface area contributed by atoms with Crippen LogP contribution in [0.5, 0.6) is 0 Å². The van der Waals surface area contributed by atoms with Gasteiger partial charge in [-0.25, -0.2) is 0 Å². The molecule has 6 nitrogen and oxygen atoms in total. The number of amides is 1. The Morgan fingerprint density at radius 1 is 1.23 bits per heavy atom. The maximum atomic E-state index is 12.4. The molecular formula is C20H19N3O3. The number of anilines is 1. The van der Waals surface area contributed by atoms with E-state index in [1.54, 1.807) is 18.2 Å². The summed E-state index contributed by atoms with van der Waals surface area (Å²) in [6.07, 6.45) is 1.88. The van der Waals surface area contributed by atoms with Gasteiger partial charge in [0, 0.05) is 17.3 Å². The lowest BCUT2D eigenvalue weighted by atomic mass is 10.0. The van der Waals surface area contributed by atoms with E-state index in [-0.39, 0.29) is 11.3 Å². The van der Waals surface area contributed by atoms with Gasteiger partial charge in [0.05, 0.1) is 4.92 Å². The lowest BCUT2D eigenvalue weighted by Crippen LogP contribution is -2.13. The van der Waals surface area contributed by atoms with Crippen LogP contribution in [0.15, 0.2) is 42.0 Å². The molecule has 6 heteroatoms. The van der Waals surface area contributed by atoms with Crippen molar-refractivity contribution in [3.63, 3.8) is 0 Å². The third-order valence-electron chi connectivity index (χ3n) is 4.13. The zero-order valence-electron chi connectivity index (χ0n) is 14.9. The molecule has 0 fully saturated rings. The molecule has 2 aromatic carbocycles. The number of hydrogen-bond donors (Lipinski definition) is 1. The van der Waals surface area contributed by atoms with Crippen LogP contribution in [-0.2, 0) is 11.2 Å². The van der Waals surface area contributed by atoms with Crippen LogP contribution in [0.25, 0.3) is 6.08 Å². The predicted octanol–water partition coefficient (Wildman–Crippen LogP) is 4.32. The van der Waals surface area contributed by atoms with Crippen LogP contribution in [0.2, 0.25) is 0 Å². The maximum Gasteiger partial charge on any atom is 0.273 e. The Balaban J connectivity index is 2.30. The van der Waals surface area contributed by atoms with Crippen LogP contribution in [0.1, 0.15) is 29.2 Å². The van der Waals surface area contributed by atoms with Gasteiger partial charge in [0.2, 0.25) is 0 Å². The van der Waals surface area contributed by atoms with Gasteiger partial charge in [0.1, 0.15) is 11.6 Å². The van der Waals surface area contributed by atoms with E-state index in [0.717, 1.165) is 11.1 Å². The number of aryl methyl sites for hydroxylation is 3. The van der Waals surface area contributed by atoms with Gasteiger partial charge in [-0.15, -0.1) is 0 Å². The standard InChI is InChI=1S/C20H19N3O3/c1-4-16-7-6-15(11-19(16)23(25)26)10-17(12-21)20(24)22-18-8-5-13(2)14(3)9-18/h5-11H,4H2,1-3H3,(H,22,24)/b17-10+. The summed E-state index contributed by atoms with van der Waals surface area (Å²) < 4.78 is 0. The molecule has 2 aromatic rings. The highest BCUT2D eigenvalue weighted by Crippen LogP contribution is 2.23. The van der Waals surface area contributed by atoms with Crippen molar-refractivity contribution in [1.29, 1.82) is 5.26 Å². The van der Waals surface area contributed by atoms with Crippen molar-refractivity contribution in [1.82, 2.24) is 0 Å². The second-order valence-corrected chi connectivity index (χ2v) is 5.92. The smallest absolute Gasteiger partial charge is 0.273 e. The second kappa shape index (κ2) is 8.08. The van der Waals surface area contributed by atoms with Crippen LogP contribution in [-0.4, -0.2) is 10.8 Å². The van der Waals surface area contributed by atoms with Crippen molar-refractivity contribution in [3.05, 3.63) is 74.3 Å². The van der Waals surface area contributed by atoms with Crippen LogP contribution in [0.3, 0.4) is 0 Å². The van der Waals surface area contributed by atoms with Crippen LogP contribution >= 0.6 is 0 Å². The van der Waals surface area contributed by atoms with E-state index < -0.39 is 10.8 Å². The monoisotopic (exact) mass is 349 g/mol. The number of nitro benzene ring substituents is 1. The first-order chi connectivity index (χ1) is 12.3. The molecule has 26 heavy (non-hydrogen) atoms. The quantitative estimate of drug-likeness (QED) is 0.376. The van der Waals surface area contributed by atoms with Crippen molar-refractivity contribution in [2.45, 2.75) is 27.2 Å². The number of carbonyl (C=O) groups excluding carboxylic acids is 1. The molecule has 0 bridgehead atoms. The number of benzene rings is 2. The molecule has 0 radical (unpaired) electrons. The normalized spacial score (nSPS) is 10.9. The first-order valence-electron chi connectivity index (χ1n) is 8.13. The van der Waals surface area contributed by atoms with Crippen molar-refractivity contribution in [2.75, 3.05) is 5.32 Å². The summed E-state index contributed by atoms with van der Waals surface area (Å²) in [5.41, 5.74) is 3.60. The van der Waals surface area contributed by atoms with Gasteiger partial charge in [0.25, 0.3) is 11.6 Å². The zero-order valence-corrected chi connectivity index (χ0v) is 14.9. The van der Waals surface area contributed by atoms with Gasteiger partial charge in [-0.05, 0) is 55.2 Å². The summed E-state index contributed by atoms with van der Waals surface area (Å²) >= 11 is 0. The van der Waals surface area contributed by atoms with Crippen molar-refractivity contribution in [2.24, 2.45) is 0 Å². The Labute approximate surface area is 151 Å². The van der Waals surface area contributed by atoms with E-state index in [4.69, 9.17) is 0 Å². The van der Waals surface area contributed by atoms with Gasteiger partial charge >= 0.3 is 0 Å². The predicted molar refractivity (Wildman–Crippen MR) is 101 cm³/mol. The molecule has 0 saturated heterocycles. The van der Waals surface area contributed by atoms with E-state index in [0.29, 0.717) is 23.2 Å². The molecule has 0 saturated carbocycles. The highest BCUT2D eigenvalue weighted by Gasteiger charge is 2.14. The minimum atomic E-state index is -0.557. The Kier molecular flexibility index (Phi) is 5.86. The summed E-state index contributed by atoms with van der Waals surface area (Å²) in [4.78, 5) is 23.1. The topological polar surface area (TPSA) is 96.0 Å². The summed E-state index contributed by atoms with van der Waals surface area (Å²) in [6, 6.07) is 12.0. The third kappa shape index (κ3) is 4.33. The minimum Gasteiger partial charge on any atom is -0.321 e. The number of carbonyl (C=O) groups is 1. The van der Waals surface area contributed by atoms with Gasteiger partial charge in [-0.3, -0.25) is 14.9 Å². The maximum absolute atomic E-state index is 12.4. The SMILES string of the molecule is CCc1ccc(/C=C(\C#N)C(=O)Nc2ccc(C)c(C)c2)cc1[N+](=O)[O-]. The zero-order chi connectivity index (χ0) is 19.3.